The minimum absolute atomic E-state index is 0.511. The standard InChI is InChI=1S/C10H12N4O/c1-2-15-9-5-6-11-10(12-9)13-14-7-3-4-8-14/h3-8H,2H2,1H3,(H,11,12,13). The second-order valence-corrected chi connectivity index (χ2v) is 2.85. The Morgan fingerprint density at radius 2 is 2.20 bits per heavy atom. The Labute approximate surface area is 87.7 Å². The van der Waals surface area contributed by atoms with Crippen LogP contribution in [0.25, 0.3) is 0 Å². The van der Waals surface area contributed by atoms with E-state index in [2.05, 4.69) is 15.4 Å². The Kier molecular flexibility index (Phi) is 2.82. The molecule has 0 aromatic carbocycles. The second kappa shape index (κ2) is 4.45. The van der Waals surface area contributed by atoms with E-state index in [1.165, 1.54) is 0 Å². The van der Waals surface area contributed by atoms with E-state index >= 15 is 0 Å². The molecular formula is C10H12N4O. The molecule has 1 N–H and O–H groups in total. The summed E-state index contributed by atoms with van der Waals surface area (Å²) in [6.07, 6.45) is 5.40. The van der Waals surface area contributed by atoms with Gasteiger partial charge in [0.1, 0.15) is 0 Å². The molecule has 0 saturated heterocycles. The number of rotatable bonds is 4. The van der Waals surface area contributed by atoms with Crippen molar-refractivity contribution in [1.29, 1.82) is 0 Å². The van der Waals surface area contributed by atoms with Gasteiger partial charge in [-0.2, -0.15) is 4.98 Å². The SMILES string of the molecule is CCOc1ccnc(Nn2cccc2)n1. The van der Waals surface area contributed by atoms with E-state index < -0.39 is 0 Å². The van der Waals surface area contributed by atoms with E-state index in [0.717, 1.165) is 0 Å². The zero-order chi connectivity index (χ0) is 10.5. The minimum Gasteiger partial charge on any atom is -0.478 e. The molecule has 15 heavy (non-hydrogen) atoms. The molecule has 78 valence electrons. The Bertz CT molecular complexity index is 413. The highest BCUT2D eigenvalue weighted by atomic mass is 16.5. The van der Waals surface area contributed by atoms with Gasteiger partial charge in [0.25, 0.3) is 0 Å². The minimum atomic E-state index is 0.511. The molecule has 0 unspecified atom stereocenters. The van der Waals surface area contributed by atoms with Crippen LogP contribution in [0, 0.1) is 0 Å². The van der Waals surface area contributed by atoms with Crippen LogP contribution < -0.4 is 10.2 Å². The van der Waals surface area contributed by atoms with Gasteiger partial charge < -0.3 is 4.74 Å². The number of aromatic nitrogens is 3. The summed E-state index contributed by atoms with van der Waals surface area (Å²) in [5, 5.41) is 0. The van der Waals surface area contributed by atoms with Gasteiger partial charge >= 0.3 is 0 Å². The van der Waals surface area contributed by atoms with Gasteiger partial charge in [0.2, 0.25) is 11.8 Å². The summed E-state index contributed by atoms with van der Waals surface area (Å²) in [6, 6.07) is 5.56. The van der Waals surface area contributed by atoms with E-state index in [-0.39, 0.29) is 0 Å². The van der Waals surface area contributed by atoms with Gasteiger partial charge in [0, 0.05) is 24.7 Å². The first-order valence-corrected chi connectivity index (χ1v) is 4.74. The number of nitrogens with one attached hydrogen (secondary N) is 1. The van der Waals surface area contributed by atoms with Crippen molar-refractivity contribution in [2.24, 2.45) is 0 Å². The molecule has 0 amide bonds. The second-order valence-electron chi connectivity index (χ2n) is 2.85. The lowest BCUT2D eigenvalue weighted by Gasteiger charge is -2.06. The Balaban J connectivity index is 2.11. The third kappa shape index (κ3) is 2.46. The summed E-state index contributed by atoms with van der Waals surface area (Å²) < 4.78 is 7.03. The van der Waals surface area contributed by atoms with Gasteiger partial charge in [-0.3, -0.25) is 10.1 Å². The molecule has 0 fully saturated rings. The molecule has 0 spiro atoms. The summed E-state index contributed by atoms with van der Waals surface area (Å²) in [7, 11) is 0. The van der Waals surface area contributed by atoms with Crippen molar-refractivity contribution >= 4 is 5.95 Å². The third-order valence-corrected chi connectivity index (χ3v) is 1.76. The highest BCUT2D eigenvalue weighted by Crippen LogP contribution is 2.08. The number of ether oxygens (including phenoxy) is 1. The van der Waals surface area contributed by atoms with Crippen LogP contribution in [0.4, 0.5) is 5.95 Å². The maximum Gasteiger partial charge on any atom is 0.245 e. The molecule has 0 radical (unpaired) electrons. The van der Waals surface area contributed by atoms with Crippen molar-refractivity contribution in [2.75, 3.05) is 12.0 Å². The topological polar surface area (TPSA) is 52.0 Å². The summed E-state index contributed by atoms with van der Waals surface area (Å²) in [5.41, 5.74) is 3.00. The molecule has 2 aromatic heterocycles. The van der Waals surface area contributed by atoms with Crippen LogP contribution in [0.15, 0.2) is 36.8 Å². The monoisotopic (exact) mass is 204 g/mol. The summed E-state index contributed by atoms with van der Waals surface area (Å²) >= 11 is 0. The number of anilines is 1. The molecule has 0 saturated carbocycles. The van der Waals surface area contributed by atoms with Crippen LogP contribution in [-0.2, 0) is 0 Å². The van der Waals surface area contributed by atoms with Crippen molar-refractivity contribution in [3.8, 4) is 5.88 Å². The van der Waals surface area contributed by atoms with Crippen molar-refractivity contribution in [2.45, 2.75) is 6.92 Å². The number of hydrogen-bond acceptors (Lipinski definition) is 4. The number of nitrogens with zero attached hydrogens (tertiary/aromatic N) is 3. The van der Waals surface area contributed by atoms with Crippen LogP contribution in [0.2, 0.25) is 0 Å². The molecule has 2 aromatic rings. The largest absolute Gasteiger partial charge is 0.478 e. The molecular weight excluding hydrogens is 192 g/mol. The summed E-state index contributed by atoms with van der Waals surface area (Å²) in [5.74, 6) is 1.08. The predicted octanol–water partition coefficient (Wildman–Crippen LogP) is 1.55. The Morgan fingerprint density at radius 1 is 1.40 bits per heavy atom. The van der Waals surface area contributed by atoms with Crippen molar-refractivity contribution < 1.29 is 4.74 Å². The van der Waals surface area contributed by atoms with E-state index in [4.69, 9.17) is 4.74 Å². The van der Waals surface area contributed by atoms with Gasteiger partial charge in [-0.05, 0) is 19.1 Å². The first-order valence-electron chi connectivity index (χ1n) is 4.74. The average Bonchev–Trinajstić information content (AvgIpc) is 2.71. The highest BCUT2D eigenvalue weighted by molar-refractivity contribution is 5.27. The fourth-order valence-electron chi connectivity index (χ4n) is 1.15. The smallest absolute Gasteiger partial charge is 0.245 e. The van der Waals surface area contributed by atoms with Crippen LogP contribution in [0.5, 0.6) is 5.88 Å². The molecule has 0 aliphatic heterocycles. The van der Waals surface area contributed by atoms with E-state index in [1.54, 1.807) is 16.9 Å². The van der Waals surface area contributed by atoms with Crippen LogP contribution in [0.1, 0.15) is 6.92 Å². The molecule has 2 rings (SSSR count). The third-order valence-electron chi connectivity index (χ3n) is 1.76. The molecule has 2 heterocycles. The van der Waals surface area contributed by atoms with E-state index in [9.17, 15) is 0 Å². The van der Waals surface area contributed by atoms with E-state index in [1.807, 2.05) is 31.5 Å². The summed E-state index contributed by atoms with van der Waals surface area (Å²) in [4.78, 5) is 8.25. The molecule has 0 aliphatic carbocycles. The lowest BCUT2D eigenvalue weighted by atomic mass is 10.6. The van der Waals surface area contributed by atoms with Gasteiger partial charge in [-0.15, -0.1) is 0 Å². The maximum atomic E-state index is 5.27. The molecule has 5 nitrogen and oxygen atoms in total. The van der Waals surface area contributed by atoms with Crippen LogP contribution >= 0.6 is 0 Å². The molecule has 0 bridgehead atoms. The van der Waals surface area contributed by atoms with Crippen molar-refractivity contribution in [1.82, 2.24) is 14.6 Å². The molecule has 5 heteroatoms. The maximum absolute atomic E-state index is 5.27. The molecule has 0 aliphatic rings. The first kappa shape index (κ1) is 9.51. The normalized spacial score (nSPS) is 9.93. The fraction of sp³-hybridized carbons (Fsp3) is 0.200. The predicted molar refractivity (Wildman–Crippen MR) is 56.7 cm³/mol. The lowest BCUT2D eigenvalue weighted by Crippen LogP contribution is -2.09. The summed E-state index contributed by atoms with van der Waals surface area (Å²) in [6.45, 7) is 2.52. The molecule has 0 atom stereocenters. The van der Waals surface area contributed by atoms with Gasteiger partial charge in [0.05, 0.1) is 6.61 Å². The first-order chi connectivity index (χ1) is 7.38. The zero-order valence-electron chi connectivity index (χ0n) is 8.42. The Hall–Kier alpha value is -2.04. The van der Waals surface area contributed by atoms with Gasteiger partial charge in [-0.1, -0.05) is 0 Å². The highest BCUT2D eigenvalue weighted by Gasteiger charge is 1.98. The lowest BCUT2D eigenvalue weighted by molar-refractivity contribution is 0.326. The van der Waals surface area contributed by atoms with Gasteiger partial charge in [0.15, 0.2) is 0 Å². The number of hydrogen-bond donors (Lipinski definition) is 1. The van der Waals surface area contributed by atoms with Crippen LogP contribution in [-0.4, -0.2) is 21.3 Å². The quantitative estimate of drug-likeness (QED) is 0.821. The average molecular weight is 204 g/mol. The van der Waals surface area contributed by atoms with E-state index in [0.29, 0.717) is 18.4 Å². The van der Waals surface area contributed by atoms with Gasteiger partial charge in [-0.25, -0.2) is 4.98 Å². The van der Waals surface area contributed by atoms with Crippen molar-refractivity contribution in [3.05, 3.63) is 36.8 Å². The van der Waals surface area contributed by atoms with Crippen LogP contribution in [0.3, 0.4) is 0 Å². The van der Waals surface area contributed by atoms with Crippen molar-refractivity contribution in [3.63, 3.8) is 0 Å². The fourth-order valence-corrected chi connectivity index (χ4v) is 1.15. The Morgan fingerprint density at radius 3 is 2.93 bits per heavy atom. The zero-order valence-corrected chi connectivity index (χ0v) is 8.42.